The van der Waals surface area contributed by atoms with Crippen LogP contribution in [0.1, 0.15) is 45.8 Å². The third-order valence-corrected chi connectivity index (χ3v) is 3.80. The molecule has 1 aromatic heterocycles. The molecule has 2 atom stereocenters. The lowest BCUT2D eigenvalue weighted by Crippen LogP contribution is -2.32. The lowest BCUT2D eigenvalue weighted by atomic mass is 9.81. The van der Waals surface area contributed by atoms with E-state index in [1.54, 1.807) is 6.07 Å². The first kappa shape index (κ1) is 12.9. The van der Waals surface area contributed by atoms with Gasteiger partial charge in [0, 0.05) is 11.5 Å². The smallest absolute Gasteiger partial charge is 0.198 e. The predicted octanol–water partition coefficient (Wildman–Crippen LogP) is 3.56. The predicted molar refractivity (Wildman–Crippen MR) is 66.0 cm³/mol. The molecule has 1 aliphatic heterocycles. The summed E-state index contributed by atoms with van der Waals surface area (Å²) in [6.07, 6.45) is 1.63. The van der Waals surface area contributed by atoms with Gasteiger partial charge in [-0.2, -0.15) is 0 Å². The second kappa shape index (κ2) is 4.01. The van der Waals surface area contributed by atoms with Crippen LogP contribution in [0, 0.1) is 5.92 Å². The second-order valence-electron chi connectivity index (χ2n) is 5.87. The Bertz CT molecular complexity index is 409. The van der Waals surface area contributed by atoms with Crippen molar-refractivity contribution in [3.05, 3.63) is 23.1 Å². The molecule has 0 saturated carbocycles. The highest BCUT2D eigenvalue weighted by Gasteiger charge is 2.49. The standard InChI is InChI=1S/C13H19ClO3/c1-12(2)7-9(13(3,4)17-12)10(15)8-5-6-16-11(8)14/h5-6,9-10,15H,7H2,1-4H3. The Balaban J connectivity index is 2.26. The molecule has 0 aromatic carbocycles. The van der Waals surface area contributed by atoms with Gasteiger partial charge < -0.3 is 14.3 Å². The van der Waals surface area contributed by atoms with Crippen molar-refractivity contribution in [1.82, 2.24) is 0 Å². The molecule has 0 bridgehead atoms. The maximum Gasteiger partial charge on any atom is 0.198 e. The molecule has 0 aliphatic carbocycles. The SMILES string of the molecule is CC1(C)CC(C(O)c2ccoc2Cl)C(C)(C)O1. The fourth-order valence-electron chi connectivity index (χ4n) is 2.83. The Morgan fingerprint density at radius 1 is 1.41 bits per heavy atom. The minimum Gasteiger partial charge on any atom is -0.453 e. The Kier molecular flexibility index (Phi) is 3.05. The summed E-state index contributed by atoms with van der Waals surface area (Å²) in [5, 5.41) is 10.7. The number of furan rings is 1. The summed E-state index contributed by atoms with van der Waals surface area (Å²) in [4.78, 5) is 0. The minimum atomic E-state index is -0.655. The van der Waals surface area contributed by atoms with Gasteiger partial charge in [0.15, 0.2) is 5.22 Å². The van der Waals surface area contributed by atoms with Crippen molar-refractivity contribution in [2.75, 3.05) is 0 Å². The molecule has 1 N–H and O–H groups in total. The number of aliphatic hydroxyl groups excluding tert-OH is 1. The normalized spacial score (nSPS) is 28.2. The van der Waals surface area contributed by atoms with E-state index >= 15 is 0 Å². The van der Waals surface area contributed by atoms with Crippen molar-refractivity contribution < 1.29 is 14.3 Å². The Morgan fingerprint density at radius 3 is 2.47 bits per heavy atom. The summed E-state index contributed by atoms with van der Waals surface area (Å²) in [6, 6.07) is 1.72. The zero-order chi connectivity index (χ0) is 12.8. The van der Waals surface area contributed by atoms with E-state index in [9.17, 15) is 5.11 Å². The number of rotatable bonds is 2. The van der Waals surface area contributed by atoms with E-state index in [1.165, 1.54) is 6.26 Å². The molecule has 0 spiro atoms. The average Bonchev–Trinajstić information content (AvgIpc) is 2.66. The maximum absolute atomic E-state index is 10.4. The molecule has 1 aliphatic rings. The van der Waals surface area contributed by atoms with E-state index in [2.05, 4.69) is 0 Å². The first-order valence-electron chi connectivity index (χ1n) is 5.84. The highest BCUT2D eigenvalue weighted by Crippen LogP contribution is 2.48. The fourth-order valence-corrected chi connectivity index (χ4v) is 3.06. The molecule has 2 rings (SSSR count). The van der Waals surface area contributed by atoms with Crippen LogP contribution < -0.4 is 0 Å². The van der Waals surface area contributed by atoms with Crippen LogP contribution in [-0.4, -0.2) is 16.3 Å². The highest BCUT2D eigenvalue weighted by atomic mass is 35.5. The molecule has 3 nitrogen and oxygen atoms in total. The summed E-state index contributed by atoms with van der Waals surface area (Å²) < 4.78 is 11.0. The number of hydrogen-bond donors (Lipinski definition) is 1. The molecule has 17 heavy (non-hydrogen) atoms. The van der Waals surface area contributed by atoms with Crippen LogP contribution in [0.2, 0.25) is 5.22 Å². The van der Waals surface area contributed by atoms with Crippen molar-refractivity contribution in [1.29, 1.82) is 0 Å². The first-order valence-corrected chi connectivity index (χ1v) is 6.22. The van der Waals surface area contributed by atoms with Gasteiger partial charge in [0.05, 0.1) is 23.6 Å². The average molecular weight is 259 g/mol. The maximum atomic E-state index is 10.4. The molecule has 2 heterocycles. The van der Waals surface area contributed by atoms with Crippen molar-refractivity contribution in [3.63, 3.8) is 0 Å². The highest BCUT2D eigenvalue weighted by molar-refractivity contribution is 6.29. The van der Waals surface area contributed by atoms with Crippen LogP contribution in [-0.2, 0) is 4.74 Å². The van der Waals surface area contributed by atoms with E-state index in [1.807, 2.05) is 27.7 Å². The first-order chi connectivity index (χ1) is 7.73. The van der Waals surface area contributed by atoms with E-state index in [0.29, 0.717) is 5.56 Å². The zero-order valence-electron chi connectivity index (χ0n) is 10.7. The Labute approximate surface area is 107 Å². The van der Waals surface area contributed by atoms with E-state index in [4.69, 9.17) is 20.8 Å². The third-order valence-electron chi connectivity index (χ3n) is 3.49. The third kappa shape index (κ3) is 2.37. The molecular formula is C13H19ClO3. The number of ether oxygens (including phenoxy) is 1. The minimum absolute atomic E-state index is 0.00704. The van der Waals surface area contributed by atoms with Gasteiger partial charge in [0.25, 0.3) is 0 Å². The summed E-state index contributed by atoms with van der Waals surface area (Å²) in [5.74, 6) is 0.00704. The Hall–Kier alpha value is -0.510. The van der Waals surface area contributed by atoms with Crippen LogP contribution in [0.5, 0.6) is 0 Å². The summed E-state index contributed by atoms with van der Waals surface area (Å²) in [5.41, 5.74) is 0.0561. The van der Waals surface area contributed by atoms with Crippen molar-refractivity contribution in [3.8, 4) is 0 Å². The van der Waals surface area contributed by atoms with Crippen molar-refractivity contribution >= 4 is 11.6 Å². The van der Waals surface area contributed by atoms with Crippen LogP contribution >= 0.6 is 11.6 Å². The van der Waals surface area contributed by atoms with Crippen molar-refractivity contribution in [2.24, 2.45) is 5.92 Å². The van der Waals surface area contributed by atoms with Crippen LogP contribution in [0.4, 0.5) is 0 Å². The summed E-state index contributed by atoms with van der Waals surface area (Å²) in [6.45, 7) is 8.09. The summed E-state index contributed by atoms with van der Waals surface area (Å²) >= 11 is 5.91. The zero-order valence-corrected chi connectivity index (χ0v) is 11.4. The molecule has 4 heteroatoms. The summed E-state index contributed by atoms with van der Waals surface area (Å²) in [7, 11) is 0. The van der Waals surface area contributed by atoms with Gasteiger partial charge in [0.1, 0.15) is 0 Å². The second-order valence-corrected chi connectivity index (χ2v) is 6.21. The van der Waals surface area contributed by atoms with Gasteiger partial charge in [-0.3, -0.25) is 0 Å². The molecule has 2 unspecified atom stereocenters. The van der Waals surface area contributed by atoms with E-state index < -0.39 is 6.10 Å². The molecule has 1 aromatic rings. The molecule has 0 radical (unpaired) electrons. The van der Waals surface area contributed by atoms with Crippen LogP contribution in [0.25, 0.3) is 0 Å². The van der Waals surface area contributed by atoms with Gasteiger partial charge in [-0.1, -0.05) is 0 Å². The van der Waals surface area contributed by atoms with Crippen LogP contribution in [0.15, 0.2) is 16.7 Å². The lowest BCUT2D eigenvalue weighted by Gasteiger charge is -2.30. The van der Waals surface area contributed by atoms with Gasteiger partial charge in [-0.25, -0.2) is 0 Å². The molecule has 96 valence electrons. The number of halogens is 1. The van der Waals surface area contributed by atoms with Crippen molar-refractivity contribution in [2.45, 2.75) is 51.4 Å². The van der Waals surface area contributed by atoms with Gasteiger partial charge >= 0.3 is 0 Å². The van der Waals surface area contributed by atoms with Gasteiger partial charge in [0.2, 0.25) is 0 Å². The van der Waals surface area contributed by atoms with E-state index in [0.717, 1.165) is 6.42 Å². The van der Waals surface area contributed by atoms with Gasteiger partial charge in [-0.05, 0) is 51.8 Å². The molecule has 1 fully saturated rings. The molecule has 1 saturated heterocycles. The molecular weight excluding hydrogens is 240 g/mol. The van der Waals surface area contributed by atoms with Gasteiger partial charge in [-0.15, -0.1) is 0 Å². The largest absolute Gasteiger partial charge is 0.453 e. The topological polar surface area (TPSA) is 42.6 Å². The van der Waals surface area contributed by atoms with E-state index in [-0.39, 0.29) is 22.3 Å². The van der Waals surface area contributed by atoms with Crippen LogP contribution in [0.3, 0.4) is 0 Å². The Morgan fingerprint density at radius 2 is 2.06 bits per heavy atom. The quantitative estimate of drug-likeness (QED) is 0.882. The molecule has 0 amide bonds. The number of aliphatic hydroxyl groups is 1. The monoisotopic (exact) mass is 258 g/mol. The lowest BCUT2D eigenvalue weighted by molar-refractivity contribution is -0.0880. The number of hydrogen-bond acceptors (Lipinski definition) is 3. The fraction of sp³-hybridized carbons (Fsp3) is 0.692.